The van der Waals surface area contributed by atoms with Crippen LogP contribution >= 0.6 is 0 Å². The van der Waals surface area contributed by atoms with Crippen molar-refractivity contribution in [3.05, 3.63) is 47.4 Å². The van der Waals surface area contributed by atoms with Gasteiger partial charge in [0.2, 0.25) is 0 Å². The number of aryl methyl sites for hydroxylation is 1. The Hall–Kier alpha value is -2.36. The molecule has 0 radical (unpaired) electrons. The van der Waals surface area contributed by atoms with Crippen LogP contribution in [-0.2, 0) is 10.2 Å². The average Bonchev–Trinajstić information content (AvgIpc) is 3.11. The molecule has 1 saturated heterocycles. The van der Waals surface area contributed by atoms with Crippen molar-refractivity contribution >= 4 is 16.2 Å². The molecule has 3 rings (SSSR count). The Bertz CT molecular complexity index is 975. The minimum atomic E-state index is -3.59. The van der Waals surface area contributed by atoms with Crippen molar-refractivity contribution < 1.29 is 18.3 Å². The fourth-order valence-electron chi connectivity index (χ4n) is 3.26. The van der Waals surface area contributed by atoms with Crippen LogP contribution in [0.2, 0.25) is 0 Å². The van der Waals surface area contributed by atoms with Crippen LogP contribution in [0.5, 0.6) is 0 Å². The number of carbonyl (C=O) groups is 1. The summed E-state index contributed by atoms with van der Waals surface area (Å²) < 4.78 is 27.8. The van der Waals surface area contributed by atoms with Gasteiger partial charge in [-0.25, -0.2) is 14.8 Å². The van der Waals surface area contributed by atoms with E-state index in [9.17, 15) is 18.3 Å². The Labute approximate surface area is 158 Å². The lowest BCUT2D eigenvalue weighted by atomic mass is 10.0. The monoisotopic (exact) mass is 390 g/mol. The topological polar surface area (TPSA) is 104 Å². The summed E-state index contributed by atoms with van der Waals surface area (Å²) >= 11 is 0. The molecule has 0 unspecified atom stereocenters. The zero-order chi connectivity index (χ0) is 19.8. The molecule has 0 saturated carbocycles. The maximum atomic E-state index is 12.6. The molecule has 144 valence electrons. The summed E-state index contributed by atoms with van der Waals surface area (Å²) in [5.74, 6) is -0.644. The Morgan fingerprint density at radius 1 is 1.26 bits per heavy atom. The van der Waals surface area contributed by atoms with Crippen LogP contribution in [-0.4, -0.2) is 58.7 Å². The van der Waals surface area contributed by atoms with Crippen LogP contribution in [0.3, 0.4) is 0 Å². The highest BCUT2D eigenvalue weighted by molar-refractivity contribution is 7.86. The van der Waals surface area contributed by atoms with Crippen LogP contribution in [0.25, 0.3) is 11.3 Å². The van der Waals surface area contributed by atoms with E-state index in [1.165, 1.54) is 28.8 Å². The molecule has 2 heterocycles. The van der Waals surface area contributed by atoms with E-state index in [0.717, 1.165) is 6.42 Å². The first kappa shape index (κ1) is 19.4. The molecule has 1 atom stereocenters. The van der Waals surface area contributed by atoms with Crippen molar-refractivity contribution in [1.82, 2.24) is 18.6 Å². The molecule has 1 aliphatic heterocycles. The second-order valence-electron chi connectivity index (χ2n) is 6.66. The van der Waals surface area contributed by atoms with Crippen molar-refractivity contribution in [1.29, 1.82) is 0 Å². The molecule has 2 aromatic rings. The number of hydrogen-bond acceptors (Lipinski definition) is 5. The molecular weight excluding hydrogens is 368 g/mol. The van der Waals surface area contributed by atoms with E-state index in [1.807, 2.05) is 0 Å². The van der Waals surface area contributed by atoms with E-state index in [2.05, 4.69) is 9.97 Å². The third kappa shape index (κ3) is 3.71. The summed E-state index contributed by atoms with van der Waals surface area (Å²) in [6.07, 6.45) is 1.34. The number of carboxylic acids is 1. The lowest BCUT2D eigenvalue weighted by molar-refractivity contribution is 0.0697. The Morgan fingerprint density at radius 2 is 1.96 bits per heavy atom. The second-order valence-corrected chi connectivity index (χ2v) is 8.76. The van der Waals surface area contributed by atoms with Gasteiger partial charge in [0.15, 0.2) is 0 Å². The van der Waals surface area contributed by atoms with E-state index in [1.54, 1.807) is 31.2 Å². The maximum absolute atomic E-state index is 12.6. The molecule has 8 nitrogen and oxygen atoms in total. The van der Waals surface area contributed by atoms with Crippen LogP contribution in [0, 0.1) is 6.92 Å². The van der Waals surface area contributed by atoms with E-state index in [0.29, 0.717) is 35.7 Å². The first-order chi connectivity index (χ1) is 12.7. The molecular formula is C18H22N4O4S. The molecule has 0 aliphatic carbocycles. The van der Waals surface area contributed by atoms with Crippen molar-refractivity contribution in [2.24, 2.45) is 0 Å². The van der Waals surface area contributed by atoms with Gasteiger partial charge in [-0.2, -0.15) is 17.0 Å². The number of rotatable bonds is 5. The predicted octanol–water partition coefficient (Wildman–Crippen LogP) is 2.09. The summed E-state index contributed by atoms with van der Waals surface area (Å²) in [4.78, 5) is 20.6. The largest absolute Gasteiger partial charge is 0.478 e. The quantitative estimate of drug-likeness (QED) is 0.838. The highest BCUT2D eigenvalue weighted by Crippen LogP contribution is 2.34. The predicted molar refractivity (Wildman–Crippen MR) is 100 cm³/mol. The fraction of sp³-hybridized carbons (Fsp3) is 0.389. The maximum Gasteiger partial charge on any atom is 0.336 e. The molecule has 1 aromatic carbocycles. The Morgan fingerprint density at radius 3 is 2.63 bits per heavy atom. The number of carboxylic acid groups (broad SMARTS) is 1. The molecule has 0 spiro atoms. The van der Waals surface area contributed by atoms with Crippen molar-refractivity contribution in [2.75, 3.05) is 20.6 Å². The van der Waals surface area contributed by atoms with Crippen LogP contribution in [0.4, 0.5) is 0 Å². The van der Waals surface area contributed by atoms with Crippen molar-refractivity contribution in [3.8, 4) is 11.3 Å². The van der Waals surface area contributed by atoms with Gasteiger partial charge in [0.25, 0.3) is 10.2 Å². The van der Waals surface area contributed by atoms with Gasteiger partial charge in [0.05, 0.1) is 17.3 Å². The Balaban J connectivity index is 2.08. The number of aromatic carboxylic acids is 1. The van der Waals surface area contributed by atoms with Crippen molar-refractivity contribution in [2.45, 2.75) is 25.8 Å². The lowest BCUT2D eigenvalue weighted by Crippen LogP contribution is -2.40. The molecule has 1 fully saturated rings. The molecule has 27 heavy (non-hydrogen) atoms. The molecule has 0 amide bonds. The van der Waals surface area contributed by atoms with E-state index < -0.39 is 22.2 Å². The highest BCUT2D eigenvalue weighted by atomic mass is 32.2. The molecule has 0 bridgehead atoms. The molecule has 1 aromatic heterocycles. The fourth-order valence-corrected chi connectivity index (χ4v) is 4.56. The number of hydrogen-bond donors (Lipinski definition) is 1. The minimum absolute atomic E-state index is 0.144. The lowest BCUT2D eigenvalue weighted by Gasteiger charge is -2.26. The van der Waals surface area contributed by atoms with Gasteiger partial charge < -0.3 is 5.11 Å². The summed E-state index contributed by atoms with van der Waals surface area (Å²) in [5, 5.41) is 9.45. The van der Waals surface area contributed by atoms with E-state index in [4.69, 9.17) is 0 Å². The number of nitrogens with zero attached hydrogens (tertiary/aromatic N) is 4. The zero-order valence-electron chi connectivity index (χ0n) is 15.5. The number of aromatic nitrogens is 2. The van der Waals surface area contributed by atoms with Gasteiger partial charge >= 0.3 is 5.97 Å². The van der Waals surface area contributed by atoms with Gasteiger partial charge in [0, 0.05) is 31.9 Å². The summed E-state index contributed by atoms with van der Waals surface area (Å²) in [5.41, 5.74) is 1.76. The van der Waals surface area contributed by atoms with Crippen LogP contribution < -0.4 is 0 Å². The molecule has 1 N–H and O–H groups in total. The highest BCUT2D eigenvalue weighted by Gasteiger charge is 2.38. The van der Waals surface area contributed by atoms with Gasteiger partial charge in [-0.15, -0.1) is 0 Å². The van der Waals surface area contributed by atoms with Gasteiger partial charge in [-0.05, 0) is 31.9 Å². The minimum Gasteiger partial charge on any atom is -0.478 e. The summed E-state index contributed by atoms with van der Waals surface area (Å²) in [6.45, 7) is 2.20. The third-order valence-electron chi connectivity index (χ3n) is 4.56. The molecule has 1 aliphatic rings. The summed E-state index contributed by atoms with van der Waals surface area (Å²) in [7, 11) is -0.601. The van der Waals surface area contributed by atoms with Gasteiger partial charge in [-0.3, -0.25) is 0 Å². The second kappa shape index (κ2) is 7.34. The summed E-state index contributed by atoms with van der Waals surface area (Å²) in [6, 6.07) is 7.87. The number of benzene rings is 1. The zero-order valence-corrected chi connectivity index (χ0v) is 16.3. The van der Waals surface area contributed by atoms with Crippen LogP contribution in [0.15, 0.2) is 30.3 Å². The average molecular weight is 390 g/mol. The first-order valence-corrected chi connectivity index (χ1v) is 9.99. The third-order valence-corrected chi connectivity index (χ3v) is 6.52. The Kier molecular flexibility index (Phi) is 5.27. The van der Waals surface area contributed by atoms with Gasteiger partial charge in [-0.1, -0.05) is 18.2 Å². The first-order valence-electron chi connectivity index (χ1n) is 8.59. The van der Waals surface area contributed by atoms with E-state index >= 15 is 0 Å². The normalized spacial score (nSPS) is 18.1. The smallest absolute Gasteiger partial charge is 0.336 e. The van der Waals surface area contributed by atoms with Gasteiger partial charge in [0.1, 0.15) is 5.82 Å². The van der Waals surface area contributed by atoms with Crippen LogP contribution in [0.1, 0.15) is 40.8 Å². The SMILES string of the molecule is Cc1cc(-c2ccccc2C(=O)O)nc([C@@H]2CCCN2S(=O)(=O)N(C)C)n1. The van der Waals surface area contributed by atoms with Crippen molar-refractivity contribution in [3.63, 3.8) is 0 Å². The van der Waals surface area contributed by atoms with E-state index in [-0.39, 0.29) is 5.56 Å². The standard InChI is InChI=1S/C18H22N4O4S/c1-12-11-15(13-7-4-5-8-14(13)18(23)24)20-17(19-12)16-9-6-10-22(16)27(25,26)21(2)3/h4-5,7-8,11,16H,6,9-10H2,1-3H3,(H,23,24)/t16-/m0/s1. The molecule has 9 heteroatoms.